The van der Waals surface area contributed by atoms with Crippen LogP contribution in [-0.4, -0.2) is 23.5 Å². The van der Waals surface area contributed by atoms with E-state index in [1.807, 2.05) is 0 Å². The average molecular weight is 169 g/mol. The van der Waals surface area contributed by atoms with Gasteiger partial charge in [0.15, 0.2) is 5.37 Å². The fourth-order valence-electron chi connectivity index (χ4n) is 0.688. The third-order valence-corrected chi connectivity index (χ3v) is 2.29. The molecule has 1 rings (SSSR count). The molecule has 0 amide bonds. The maximum atomic E-state index is 11.9. The van der Waals surface area contributed by atoms with E-state index in [1.165, 1.54) is 18.7 Å². The van der Waals surface area contributed by atoms with Gasteiger partial charge in [-0.1, -0.05) is 11.8 Å². The molecule has 0 fully saturated rings. The number of halogens is 3. The highest BCUT2D eigenvalue weighted by molar-refractivity contribution is 8.02. The lowest BCUT2D eigenvalue weighted by atomic mass is 10.5. The molecule has 0 aliphatic carbocycles. The van der Waals surface area contributed by atoms with Crippen molar-refractivity contribution in [3.63, 3.8) is 0 Å². The van der Waals surface area contributed by atoms with Gasteiger partial charge in [0.25, 0.3) is 0 Å². The van der Waals surface area contributed by atoms with Gasteiger partial charge in [0.05, 0.1) is 0 Å². The summed E-state index contributed by atoms with van der Waals surface area (Å²) in [5, 5.41) is 0.0607. The van der Waals surface area contributed by atoms with Gasteiger partial charge >= 0.3 is 6.18 Å². The van der Waals surface area contributed by atoms with Crippen molar-refractivity contribution in [3.05, 3.63) is 11.6 Å². The van der Waals surface area contributed by atoms with Crippen LogP contribution in [0.3, 0.4) is 0 Å². The average Bonchev–Trinajstić information content (AvgIpc) is 2.11. The largest absolute Gasteiger partial charge is 0.418 e. The molecule has 1 nitrogen and oxygen atoms in total. The van der Waals surface area contributed by atoms with E-state index in [1.54, 1.807) is 0 Å². The Morgan fingerprint density at radius 3 is 2.30 bits per heavy atom. The third kappa shape index (κ3) is 1.39. The molecular formula is C5H6F3NS. The van der Waals surface area contributed by atoms with Gasteiger partial charge in [-0.3, -0.25) is 0 Å². The molecule has 5 heteroatoms. The van der Waals surface area contributed by atoms with Crippen LogP contribution in [0, 0.1) is 0 Å². The molecule has 0 bridgehead atoms. The number of hydrogen-bond acceptors (Lipinski definition) is 2. The first-order chi connectivity index (χ1) is 4.52. The summed E-state index contributed by atoms with van der Waals surface area (Å²) in [6.07, 6.45) is -2.70. The Balaban J connectivity index is 2.60. The summed E-state index contributed by atoms with van der Waals surface area (Å²) >= 11 is 0.778. The van der Waals surface area contributed by atoms with Crippen molar-refractivity contribution >= 4 is 11.8 Å². The van der Waals surface area contributed by atoms with Gasteiger partial charge in [-0.25, -0.2) is 0 Å². The minimum absolute atomic E-state index is 0.778. The molecule has 0 N–H and O–H groups in total. The molecule has 0 saturated carbocycles. The molecule has 1 aliphatic heterocycles. The lowest BCUT2D eigenvalue weighted by Gasteiger charge is -2.21. The van der Waals surface area contributed by atoms with E-state index in [4.69, 9.17) is 0 Å². The van der Waals surface area contributed by atoms with E-state index in [9.17, 15) is 13.2 Å². The van der Waals surface area contributed by atoms with Gasteiger partial charge in [0.1, 0.15) is 0 Å². The summed E-state index contributed by atoms with van der Waals surface area (Å²) in [7, 11) is 1.41. The Morgan fingerprint density at radius 1 is 1.50 bits per heavy atom. The second-order valence-corrected chi connectivity index (χ2v) is 2.97. The summed E-state index contributed by atoms with van der Waals surface area (Å²) in [5.74, 6) is 0. The lowest BCUT2D eigenvalue weighted by Crippen LogP contribution is -2.35. The summed E-state index contributed by atoms with van der Waals surface area (Å²) in [6, 6.07) is 0. The zero-order chi connectivity index (χ0) is 7.78. The van der Waals surface area contributed by atoms with Crippen LogP contribution in [-0.2, 0) is 0 Å². The molecule has 0 aromatic carbocycles. The summed E-state index contributed by atoms with van der Waals surface area (Å²) in [4.78, 5) is 1.14. The molecule has 0 aromatic heterocycles. The Bertz CT molecular complexity index is 153. The molecule has 10 heavy (non-hydrogen) atoms. The second kappa shape index (κ2) is 2.38. The fourth-order valence-corrected chi connectivity index (χ4v) is 1.52. The van der Waals surface area contributed by atoms with E-state index >= 15 is 0 Å². The van der Waals surface area contributed by atoms with Crippen LogP contribution in [0.2, 0.25) is 0 Å². The molecule has 1 aliphatic rings. The van der Waals surface area contributed by atoms with E-state index in [0.717, 1.165) is 16.7 Å². The van der Waals surface area contributed by atoms with Crippen LogP contribution >= 0.6 is 11.8 Å². The van der Waals surface area contributed by atoms with Gasteiger partial charge in [-0.15, -0.1) is 0 Å². The van der Waals surface area contributed by atoms with Crippen LogP contribution in [0.25, 0.3) is 0 Å². The van der Waals surface area contributed by atoms with Gasteiger partial charge in [-0.2, -0.15) is 13.2 Å². The first kappa shape index (κ1) is 7.78. The van der Waals surface area contributed by atoms with Crippen molar-refractivity contribution in [2.45, 2.75) is 11.6 Å². The van der Waals surface area contributed by atoms with E-state index in [2.05, 4.69) is 0 Å². The predicted molar refractivity (Wildman–Crippen MR) is 34.3 cm³/mol. The Labute approximate surface area is 60.9 Å². The molecule has 0 radical (unpaired) electrons. The fraction of sp³-hybridized carbons (Fsp3) is 0.600. The van der Waals surface area contributed by atoms with Crippen molar-refractivity contribution in [2.75, 3.05) is 7.05 Å². The number of alkyl halides is 3. The maximum Gasteiger partial charge on any atom is 0.418 e. The monoisotopic (exact) mass is 169 g/mol. The first-order valence-corrected chi connectivity index (χ1v) is 3.57. The topological polar surface area (TPSA) is 3.24 Å². The van der Waals surface area contributed by atoms with Gasteiger partial charge in [0.2, 0.25) is 0 Å². The standard InChI is InChI=1S/C5H6F3NS/c1-9-2-3-10-4(9)5(6,7)8/h2-4H,1H3. The molecule has 1 heterocycles. The molecule has 0 spiro atoms. The smallest absolute Gasteiger partial charge is 0.360 e. The number of nitrogens with zero attached hydrogens (tertiary/aromatic N) is 1. The predicted octanol–water partition coefficient (Wildman–Crippen LogP) is 2.02. The molecular weight excluding hydrogens is 163 g/mol. The Hall–Kier alpha value is -0.320. The van der Waals surface area contributed by atoms with E-state index in [-0.39, 0.29) is 0 Å². The lowest BCUT2D eigenvalue weighted by molar-refractivity contribution is -0.148. The Morgan fingerprint density at radius 2 is 2.10 bits per heavy atom. The SMILES string of the molecule is CN1C=CSC1C(F)(F)F. The molecule has 1 unspecified atom stereocenters. The number of thioether (sulfide) groups is 1. The highest BCUT2D eigenvalue weighted by atomic mass is 32.2. The minimum Gasteiger partial charge on any atom is -0.360 e. The summed E-state index contributed by atoms with van der Waals surface area (Å²) in [5.41, 5.74) is 0. The third-order valence-electron chi connectivity index (χ3n) is 1.15. The van der Waals surface area contributed by atoms with Crippen LogP contribution in [0.4, 0.5) is 13.2 Å². The number of rotatable bonds is 0. The summed E-state index contributed by atoms with van der Waals surface area (Å²) < 4.78 is 35.7. The number of hydrogen-bond donors (Lipinski definition) is 0. The molecule has 0 aromatic rings. The van der Waals surface area contributed by atoms with E-state index < -0.39 is 11.6 Å². The van der Waals surface area contributed by atoms with Crippen molar-refractivity contribution in [1.29, 1.82) is 0 Å². The first-order valence-electron chi connectivity index (χ1n) is 2.62. The van der Waals surface area contributed by atoms with Crippen molar-refractivity contribution in [3.8, 4) is 0 Å². The zero-order valence-corrected chi connectivity index (χ0v) is 6.04. The Kier molecular flexibility index (Phi) is 1.85. The van der Waals surface area contributed by atoms with Crippen LogP contribution in [0.5, 0.6) is 0 Å². The quantitative estimate of drug-likeness (QED) is 0.545. The van der Waals surface area contributed by atoms with Gasteiger partial charge < -0.3 is 4.90 Å². The minimum atomic E-state index is -4.12. The highest BCUT2D eigenvalue weighted by Gasteiger charge is 2.43. The molecule has 0 saturated heterocycles. The van der Waals surface area contributed by atoms with Gasteiger partial charge in [0, 0.05) is 13.2 Å². The van der Waals surface area contributed by atoms with E-state index in [0.29, 0.717) is 0 Å². The van der Waals surface area contributed by atoms with Crippen molar-refractivity contribution < 1.29 is 13.2 Å². The van der Waals surface area contributed by atoms with Crippen molar-refractivity contribution in [2.24, 2.45) is 0 Å². The second-order valence-electron chi connectivity index (χ2n) is 1.98. The maximum absolute atomic E-state index is 11.9. The van der Waals surface area contributed by atoms with Crippen LogP contribution in [0.15, 0.2) is 11.6 Å². The van der Waals surface area contributed by atoms with Crippen LogP contribution < -0.4 is 0 Å². The molecule has 1 atom stereocenters. The van der Waals surface area contributed by atoms with Crippen molar-refractivity contribution in [1.82, 2.24) is 4.90 Å². The van der Waals surface area contributed by atoms with Gasteiger partial charge in [-0.05, 0) is 5.41 Å². The summed E-state index contributed by atoms with van der Waals surface area (Å²) in [6.45, 7) is 0. The van der Waals surface area contributed by atoms with Crippen LogP contribution in [0.1, 0.15) is 0 Å². The highest BCUT2D eigenvalue weighted by Crippen LogP contribution is 2.36. The molecule has 58 valence electrons. The zero-order valence-electron chi connectivity index (χ0n) is 5.22. The normalized spacial score (nSPS) is 26.0.